The minimum absolute atomic E-state index is 0.104. The van der Waals surface area contributed by atoms with Crippen LogP contribution >= 0.6 is 15.6 Å². The molecule has 0 amide bonds. The molecule has 0 aromatic carbocycles. The molecule has 0 bridgehead atoms. The van der Waals surface area contributed by atoms with Gasteiger partial charge in [-0.1, -0.05) is 325 Å². The van der Waals surface area contributed by atoms with E-state index in [4.69, 9.17) is 37.0 Å². The quantitative estimate of drug-likeness (QED) is 0.0222. The average molecular weight is 1370 g/mol. The first kappa shape index (κ1) is 91.1. The summed E-state index contributed by atoms with van der Waals surface area (Å²) in [5, 5.41) is 10.6. The lowest BCUT2D eigenvalue weighted by Crippen LogP contribution is -2.30. The van der Waals surface area contributed by atoms with Gasteiger partial charge in [0, 0.05) is 25.7 Å². The minimum Gasteiger partial charge on any atom is -0.462 e. The van der Waals surface area contributed by atoms with E-state index in [-0.39, 0.29) is 25.7 Å². The Morgan fingerprint density at radius 3 is 0.817 bits per heavy atom. The molecule has 19 heteroatoms. The third-order valence-electron chi connectivity index (χ3n) is 17.9. The molecule has 552 valence electrons. The van der Waals surface area contributed by atoms with E-state index in [1.807, 2.05) is 0 Å². The van der Waals surface area contributed by atoms with Crippen molar-refractivity contribution in [3.05, 3.63) is 0 Å². The van der Waals surface area contributed by atoms with Crippen molar-refractivity contribution in [2.75, 3.05) is 39.6 Å². The largest absolute Gasteiger partial charge is 0.472 e. The zero-order valence-electron chi connectivity index (χ0n) is 60.7. The van der Waals surface area contributed by atoms with E-state index in [2.05, 4.69) is 48.5 Å². The number of esters is 4. The van der Waals surface area contributed by atoms with Crippen molar-refractivity contribution in [2.45, 2.75) is 394 Å². The second kappa shape index (κ2) is 64.7. The average Bonchev–Trinajstić information content (AvgIpc) is 3.12. The number of hydrogen-bond acceptors (Lipinski definition) is 15. The Morgan fingerprint density at radius 1 is 0.312 bits per heavy atom. The van der Waals surface area contributed by atoms with Crippen molar-refractivity contribution < 1.29 is 80.2 Å². The summed E-state index contributed by atoms with van der Waals surface area (Å²) in [4.78, 5) is 72.7. The van der Waals surface area contributed by atoms with E-state index in [0.29, 0.717) is 25.7 Å². The fraction of sp³-hybridized carbons (Fsp3) is 0.946. The maximum atomic E-state index is 13.1. The van der Waals surface area contributed by atoms with Gasteiger partial charge in [-0.2, -0.15) is 0 Å². The first-order valence-electron chi connectivity index (χ1n) is 38.4. The van der Waals surface area contributed by atoms with Gasteiger partial charge in [-0.3, -0.25) is 37.3 Å². The lowest BCUT2D eigenvalue weighted by atomic mass is 9.99. The predicted octanol–water partition coefficient (Wildman–Crippen LogP) is 21.4. The van der Waals surface area contributed by atoms with Gasteiger partial charge < -0.3 is 33.8 Å². The second-order valence-corrected chi connectivity index (χ2v) is 30.6. The van der Waals surface area contributed by atoms with E-state index >= 15 is 0 Å². The summed E-state index contributed by atoms with van der Waals surface area (Å²) in [7, 11) is -9.91. The Hall–Kier alpha value is -1.94. The first-order chi connectivity index (χ1) is 44.8. The number of phosphoric acid groups is 2. The van der Waals surface area contributed by atoms with Gasteiger partial charge in [0.15, 0.2) is 12.2 Å². The van der Waals surface area contributed by atoms with Crippen LogP contribution in [0, 0.1) is 17.8 Å². The molecular weight excluding hydrogens is 1220 g/mol. The molecule has 0 rings (SSSR count). The first-order valence-corrected chi connectivity index (χ1v) is 41.4. The molecule has 0 aliphatic carbocycles. The van der Waals surface area contributed by atoms with Crippen LogP contribution in [0.2, 0.25) is 0 Å². The summed E-state index contributed by atoms with van der Waals surface area (Å²) in [5.41, 5.74) is 0. The predicted molar refractivity (Wildman–Crippen MR) is 377 cm³/mol. The number of ether oxygens (including phenoxy) is 4. The number of phosphoric ester groups is 2. The molecule has 0 aromatic heterocycles. The van der Waals surface area contributed by atoms with Gasteiger partial charge in [-0.25, -0.2) is 9.13 Å². The number of aliphatic hydroxyl groups is 1. The fourth-order valence-corrected chi connectivity index (χ4v) is 12.8. The van der Waals surface area contributed by atoms with Crippen LogP contribution < -0.4 is 0 Å². The molecule has 0 fully saturated rings. The van der Waals surface area contributed by atoms with Crippen molar-refractivity contribution in [2.24, 2.45) is 17.8 Å². The topological polar surface area (TPSA) is 237 Å². The van der Waals surface area contributed by atoms with Crippen LogP contribution in [0.15, 0.2) is 0 Å². The van der Waals surface area contributed by atoms with Gasteiger partial charge in [0.05, 0.1) is 26.4 Å². The highest BCUT2D eigenvalue weighted by Crippen LogP contribution is 2.45. The number of carbonyl (C=O) groups excluding carboxylic acids is 4. The molecule has 0 aliphatic heterocycles. The zero-order chi connectivity index (χ0) is 68.7. The second-order valence-electron chi connectivity index (χ2n) is 27.6. The summed E-state index contributed by atoms with van der Waals surface area (Å²) in [6.07, 6.45) is 49.9. The van der Waals surface area contributed by atoms with Crippen LogP contribution in [0.1, 0.15) is 376 Å². The number of hydrogen-bond donors (Lipinski definition) is 3. The molecule has 0 aliphatic rings. The van der Waals surface area contributed by atoms with Crippen molar-refractivity contribution >= 4 is 39.5 Å². The van der Waals surface area contributed by atoms with Crippen LogP contribution in [0.25, 0.3) is 0 Å². The molecule has 93 heavy (non-hydrogen) atoms. The molecule has 4 unspecified atom stereocenters. The Balaban J connectivity index is 5.26. The number of aliphatic hydroxyl groups excluding tert-OH is 1. The molecule has 0 radical (unpaired) electrons. The zero-order valence-corrected chi connectivity index (χ0v) is 62.5. The highest BCUT2D eigenvalue weighted by molar-refractivity contribution is 7.47. The number of unbranched alkanes of at least 4 members (excludes halogenated alkanes) is 38. The molecule has 3 N–H and O–H groups in total. The van der Waals surface area contributed by atoms with E-state index in [1.54, 1.807) is 0 Å². The number of carbonyl (C=O) groups is 4. The van der Waals surface area contributed by atoms with Gasteiger partial charge in [-0.15, -0.1) is 0 Å². The summed E-state index contributed by atoms with van der Waals surface area (Å²) >= 11 is 0. The molecule has 0 aromatic rings. The van der Waals surface area contributed by atoms with Crippen LogP contribution in [-0.2, 0) is 65.4 Å². The van der Waals surface area contributed by atoms with Crippen molar-refractivity contribution in [3.63, 3.8) is 0 Å². The molecular formula is C74H144O17P2. The SMILES string of the molecule is CCCCCCCCCCCCCCCCC(=O)OC[C@H](COP(=O)(O)OC[C@@H](O)COP(=O)(O)OC[C@@H](COC(=O)CCCCCCCCC(C)CC)OC(=O)CCCCCCCCCCC(C)CC)OC(=O)CCCCCCCCCCCCCCCCC(C)C. The van der Waals surface area contributed by atoms with Gasteiger partial charge in [0.2, 0.25) is 0 Å². The molecule has 0 saturated heterocycles. The van der Waals surface area contributed by atoms with E-state index < -0.39 is 97.5 Å². The lowest BCUT2D eigenvalue weighted by Gasteiger charge is -2.21. The summed E-state index contributed by atoms with van der Waals surface area (Å²) in [6.45, 7) is 11.9. The molecule has 17 nitrogen and oxygen atoms in total. The normalized spacial score (nSPS) is 14.7. The third kappa shape index (κ3) is 65.8. The Kier molecular flexibility index (Phi) is 63.4. The van der Waals surface area contributed by atoms with Crippen molar-refractivity contribution in [1.82, 2.24) is 0 Å². The Bertz CT molecular complexity index is 1820. The van der Waals surface area contributed by atoms with Gasteiger partial charge in [0.25, 0.3) is 0 Å². The molecule has 7 atom stereocenters. The van der Waals surface area contributed by atoms with Crippen LogP contribution in [-0.4, -0.2) is 96.7 Å². The van der Waals surface area contributed by atoms with Gasteiger partial charge in [-0.05, 0) is 43.4 Å². The summed E-state index contributed by atoms with van der Waals surface area (Å²) in [5.74, 6) is 0.174. The lowest BCUT2D eigenvalue weighted by molar-refractivity contribution is -0.161. The Morgan fingerprint density at radius 2 is 0.548 bits per heavy atom. The highest BCUT2D eigenvalue weighted by atomic mass is 31.2. The molecule has 0 heterocycles. The standard InChI is InChI=1S/C74H144O17P2/c1-8-11-12-13-14-15-16-17-21-24-27-33-41-48-55-71(76)84-61-69(90-73(78)57-50-43-34-28-25-22-19-18-20-23-26-31-38-45-52-65(4)5)63-88-92(80,81)86-59-68(75)60-87-93(82,83)89-64-70(62-85-72(77)56-49-42-37-36-40-47-54-67(7)10-3)91-74(79)58-51-44-35-30-29-32-39-46-53-66(6)9-2/h65-70,75H,8-64H2,1-7H3,(H,80,81)(H,82,83)/t66?,67?,68-,69-,70-/m1/s1. The number of rotatable bonds is 72. The monoisotopic (exact) mass is 1370 g/mol. The van der Waals surface area contributed by atoms with Gasteiger partial charge >= 0.3 is 39.5 Å². The maximum absolute atomic E-state index is 13.1. The molecule has 0 spiro atoms. The van der Waals surface area contributed by atoms with E-state index in [1.165, 1.54) is 180 Å². The Labute approximate surface area is 568 Å². The van der Waals surface area contributed by atoms with Crippen LogP contribution in [0.4, 0.5) is 0 Å². The molecule has 0 saturated carbocycles. The third-order valence-corrected chi connectivity index (χ3v) is 19.8. The van der Waals surface area contributed by atoms with Crippen LogP contribution in [0.5, 0.6) is 0 Å². The summed E-state index contributed by atoms with van der Waals surface area (Å²) < 4.78 is 68.5. The minimum atomic E-state index is -4.96. The summed E-state index contributed by atoms with van der Waals surface area (Å²) in [6, 6.07) is 0. The highest BCUT2D eigenvalue weighted by Gasteiger charge is 2.30. The van der Waals surface area contributed by atoms with Crippen molar-refractivity contribution in [1.29, 1.82) is 0 Å². The van der Waals surface area contributed by atoms with Crippen molar-refractivity contribution in [3.8, 4) is 0 Å². The maximum Gasteiger partial charge on any atom is 0.472 e. The van der Waals surface area contributed by atoms with Gasteiger partial charge in [0.1, 0.15) is 19.3 Å². The van der Waals surface area contributed by atoms with E-state index in [9.17, 15) is 43.2 Å². The fourth-order valence-electron chi connectivity index (χ4n) is 11.2. The van der Waals surface area contributed by atoms with Crippen LogP contribution in [0.3, 0.4) is 0 Å². The smallest absolute Gasteiger partial charge is 0.462 e. The van der Waals surface area contributed by atoms with E-state index in [0.717, 1.165) is 114 Å².